The first kappa shape index (κ1) is 15.7. The molecule has 1 fully saturated rings. The van der Waals surface area contributed by atoms with Gasteiger partial charge in [-0.25, -0.2) is 13.6 Å². The first-order valence-electron chi connectivity index (χ1n) is 7.18. The number of carbonyl (C=O) groups is 1. The van der Waals surface area contributed by atoms with Crippen molar-refractivity contribution >= 4 is 6.09 Å². The van der Waals surface area contributed by atoms with E-state index in [-0.39, 0.29) is 6.04 Å². The summed E-state index contributed by atoms with van der Waals surface area (Å²) in [7, 11) is 0. The summed E-state index contributed by atoms with van der Waals surface area (Å²) in [6, 6.07) is 3.98. The van der Waals surface area contributed by atoms with E-state index in [1.807, 2.05) is 0 Å². The minimum Gasteiger partial charge on any atom is -0.450 e. The van der Waals surface area contributed by atoms with Gasteiger partial charge in [0.1, 0.15) is 0 Å². The molecule has 1 amide bonds. The number of hydrogen-bond donors (Lipinski definition) is 1. The Hall–Kier alpha value is -1.69. The molecule has 0 aliphatic carbocycles. The number of carbonyl (C=O) groups excluding carboxylic acids is 1. The first-order chi connectivity index (χ1) is 10.1. The molecule has 1 aromatic carbocycles. The second kappa shape index (κ2) is 7.36. The van der Waals surface area contributed by atoms with E-state index in [1.54, 1.807) is 13.0 Å². The van der Waals surface area contributed by atoms with Gasteiger partial charge in [-0.1, -0.05) is 6.07 Å². The Labute approximate surface area is 123 Å². The normalized spacial score (nSPS) is 19.3. The highest BCUT2D eigenvalue weighted by atomic mass is 19.2. The number of ether oxygens (including phenoxy) is 1. The van der Waals surface area contributed by atoms with E-state index >= 15 is 0 Å². The molecule has 0 radical (unpaired) electrons. The van der Waals surface area contributed by atoms with E-state index in [2.05, 4.69) is 10.2 Å². The van der Waals surface area contributed by atoms with Crippen molar-refractivity contribution in [2.24, 2.45) is 0 Å². The predicted molar refractivity (Wildman–Crippen MR) is 74.8 cm³/mol. The molecule has 1 atom stereocenters. The minimum atomic E-state index is -0.834. The van der Waals surface area contributed by atoms with Crippen LogP contribution in [0.25, 0.3) is 0 Å². The smallest absolute Gasteiger partial charge is 0.407 e. The maximum atomic E-state index is 13.2. The number of piperidine rings is 1. The fourth-order valence-corrected chi connectivity index (χ4v) is 2.55. The van der Waals surface area contributed by atoms with Crippen molar-refractivity contribution in [3.05, 3.63) is 35.4 Å². The Bertz CT molecular complexity index is 497. The number of benzene rings is 1. The second-order valence-corrected chi connectivity index (χ2v) is 5.19. The van der Waals surface area contributed by atoms with Crippen molar-refractivity contribution in [1.82, 2.24) is 10.2 Å². The molecule has 1 aliphatic heterocycles. The van der Waals surface area contributed by atoms with Gasteiger partial charge in [-0.2, -0.15) is 0 Å². The largest absolute Gasteiger partial charge is 0.450 e. The van der Waals surface area contributed by atoms with Crippen LogP contribution in [-0.2, 0) is 11.3 Å². The zero-order valence-electron chi connectivity index (χ0n) is 12.1. The lowest BCUT2D eigenvalue weighted by atomic mass is 10.0. The SMILES string of the molecule is CCOC(=O)NC1CCCN(Cc2ccc(F)c(F)c2)C1. The summed E-state index contributed by atoms with van der Waals surface area (Å²) in [6.07, 6.45) is 1.44. The van der Waals surface area contributed by atoms with Crippen LogP contribution in [0.4, 0.5) is 13.6 Å². The van der Waals surface area contributed by atoms with Crippen LogP contribution in [0.5, 0.6) is 0 Å². The molecule has 21 heavy (non-hydrogen) atoms. The third-order valence-electron chi connectivity index (χ3n) is 3.49. The average Bonchev–Trinajstić information content (AvgIpc) is 2.43. The summed E-state index contributed by atoms with van der Waals surface area (Å²) in [5.74, 6) is -1.66. The zero-order chi connectivity index (χ0) is 15.2. The molecule has 0 aromatic heterocycles. The third kappa shape index (κ3) is 4.67. The minimum absolute atomic E-state index is 0.0306. The van der Waals surface area contributed by atoms with Gasteiger partial charge in [-0.3, -0.25) is 4.90 Å². The van der Waals surface area contributed by atoms with Gasteiger partial charge in [0.25, 0.3) is 0 Å². The van der Waals surface area contributed by atoms with Crippen LogP contribution in [0.2, 0.25) is 0 Å². The molecule has 1 saturated heterocycles. The van der Waals surface area contributed by atoms with Crippen LogP contribution in [0.15, 0.2) is 18.2 Å². The fourth-order valence-electron chi connectivity index (χ4n) is 2.55. The van der Waals surface area contributed by atoms with E-state index in [0.29, 0.717) is 19.7 Å². The van der Waals surface area contributed by atoms with Crippen molar-refractivity contribution in [3.63, 3.8) is 0 Å². The van der Waals surface area contributed by atoms with Crippen LogP contribution < -0.4 is 5.32 Å². The van der Waals surface area contributed by atoms with Crippen LogP contribution >= 0.6 is 0 Å². The Morgan fingerprint density at radius 2 is 2.24 bits per heavy atom. The molecular formula is C15H20F2N2O2. The molecular weight excluding hydrogens is 278 g/mol. The fraction of sp³-hybridized carbons (Fsp3) is 0.533. The molecule has 2 rings (SSSR count). The van der Waals surface area contributed by atoms with Crippen LogP contribution in [0.1, 0.15) is 25.3 Å². The number of nitrogens with zero attached hydrogens (tertiary/aromatic N) is 1. The molecule has 1 unspecified atom stereocenters. The summed E-state index contributed by atoms with van der Waals surface area (Å²) in [4.78, 5) is 13.5. The molecule has 1 N–H and O–H groups in total. The first-order valence-corrected chi connectivity index (χ1v) is 7.18. The number of hydrogen-bond acceptors (Lipinski definition) is 3. The standard InChI is InChI=1S/C15H20F2N2O2/c1-2-21-15(20)18-12-4-3-7-19(10-12)9-11-5-6-13(16)14(17)8-11/h5-6,8,12H,2-4,7,9-10H2,1H3,(H,18,20). The van der Waals surface area contributed by atoms with Gasteiger partial charge in [0.15, 0.2) is 11.6 Å². The number of amides is 1. The van der Waals surface area contributed by atoms with Crippen molar-refractivity contribution in [1.29, 1.82) is 0 Å². The predicted octanol–water partition coefficient (Wildman–Crippen LogP) is 2.68. The molecule has 1 aliphatic rings. The molecule has 6 heteroatoms. The Morgan fingerprint density at radius 3 is 2.95 bits per heavy atom. The van der Waals surface area contributed by atoms with E-state index in [9.17, 15) is 13.6 Å². The maximum absolute atomic E-state index is 13.2. The summed E-state index contributed by atoms with van der Waals surface area (Å²) in [5, 5.41) is 2.82. The highest BCUT2D eigenvalue weighted by molar-refractivity contribution is 5.67. The van der Waals surface area contributed by atoms with E-state index in [0.717, 1.165) is 31.0 Å². The van der Waals surface area contributed by atoms with Gasteiger partial charge in [-0.15, -0.1) is 0 Å². The lowest BCUT2D eigenvalue weighted by Gasteiger charge is -2.32. The number of halogens is 2. The third-order valence-corrected chi connectivity index (χ3v) is 3.49. The Kier molecular flexibility index (Phi) is 5.50. The van der Waals surface area contributed by atoms with Gasteiger partial charge in [0.05, 0.1) is 6.61 Å². The molecule has 0 bridgehead atoms. The van der Waals surface area contributed by atoms with Gasteiger partial charge < -0.3 is 10.1 Å². The summed E-state index contributed by atoms with van der Waals surface area (Å²) >= 11 is 0. The van der Waals surface area contributed by atoms with Crippen LogP contribution in [-0.4, -0.2) is 36.7 Å². The summed E-state index contributed by atoms with van der Waals surface area (Å²) in [5.41, 5.74) is 0.727. The van der Waals surface area contributed by atoms with Crippen molar-refractivity contribution in [3.8, 4) is 0 Å². The lowest BCUT2D eigenvalue weighted by Crippen LogP contribution is -2.47. The number of likely N-dealkylation sites (tertiary alicyclic amines) is 1. The van der Waals surface area contributed by atoms with Crippen molar-refractivity contribution < 1.29 is 18.3 Å². The van der Waals surface area contributed by atoms with E-state index in [4.69, 9.17) is 4.74 Å². The molecule has 0 saturated carbocycles. The van der Waals surface area contributed by atoms with E-state index in [1.165, 1.54) is 6.07 Å². The van der Waals surface area contributed by atoms with Crippen LogP contribution in [0.3, 0.4) is 0 Å². The zero-order valence-corrected chi connectivity index (χ0v) is 12.1. The highest BCUT2D eigenvalue weighted by Crippen LogP contribution is 2.15. The Balaban J connectivity index is 1.88. The van der Waals surface area contributed by atoms with Gasteiger partial charge in [0.2, 0.25) is 0 Å². The molecule has 1 heterocycles. The molecule has 4 nitrogen and oxygen atoms in total. The van der Waals surface area contributed by atoms with Crippen molar-refractivity contribution in [2.45, 2.75) is 32.4 Å². The van der Waals surface area contributed by atoms with Crippen LogP contribution in [0, 0.1) is 11.6 Å². The number of nitrogens with one attached hydrogen (secondary N) is 1. The monoisotopic (exact) mass is 298 g/mol. The number of rotatable bonds is 4. The average molecular weight is 298 g/mol. The molecule has 116 valence electrons. The number of alkyl carbamates (subject to hydrolysis) is 1. The second-order valence-electron chi connectivity index (χ2n) is 5.19. The van der Waals surface area contributed by atoms with Gasteiger partial charge in [-0.05, 0) is 44.0 Å². The maximum Gasteiger partial charge on any atom is 0.407 e. The van der Waals surface area contributed by atoms with E-state index < -0.39 is 17.7 Å². The van der Waals surface area contributed by atoms with Crippen molar-refractivity contribution in [2.75, 3.05) is 19.7 Å². The lowest BCUT2D eigenvalue weighted by molar-refractivity contribution is 0.132. The quantitative estimate of drug-likeness (QED) is 0.929. The van der Waals surface area contributed by atoms with Gasteiger partial charge in [0, 0.05) is 19.1 Å². The Morgan fingerprint density at radius 1 is 1.43 bits per heavy atom. The topological polar surface area (TPSA) is 41.6 Å². The molecule has 1 aromatic rings. The summed E-state index contributed by atoms with van der Waals surface area (Å²) in [6.45, 7) is 4.20. The highest BCUT2D eigenvalue weighted by Gasteiger charge is 2.22. The summed E-state index contributed by atoms with van der Waals surface area (Å²) < 4.78 is 31.0. The molecule has 0 spiro atoms. The van der Waals surface area contributed by atoms with Gasteiger partial charge >= 0.3 is 6.09 Å².